The summed E-state index contributed by atoms with van der Waals surface area (Å²) >= 11 is 0. The minimum Gasteiger partial charge on any atom is -0.480 e. The molecule has 5 nitrogen and oxygen atoms in total. The van der Waals surface area contributed by atoms with Crippen molar-refractivity contribution in [2.24, 2.45) is 0 Å². The van der Waals surface area contributed by atoms with Crippen molar-refractivity contribution in [3.8, 4) is 6.07 Å². The number of nitriles is 1. The largest absolute Gasteiger partial charge is 0.480 e. The number of carboxylic acid groups (broad SMARTS) is 1. The fraction of sp³-hybridized carbons (Fsp3) is 0.714. The summed E-state index contributed by atoms with van der Waals surface area (Å²) in [6.07, 6.45) is 0. The molecule has 0 aromatic rings. The first-order chi connectivity index (χ1) is 5.63. The molecule has 2 atom stereocenters. The predicted molar refractivity (Wildman–Crippen MR) is 41.5 cm³/mol. The molecule has 0 amide bonds. The molecule has 1 aliphatic heterocycles. The molecule has 5 heteroatoms. The normalized spacial score (nSPS) is 31.0. The molecule has 2 unspecified atom stereocenters. The summed E-state index contributed by atoms with van der Waals surface area (Å²) in [4.78, 5) is 12.4. The second kappa shape index (κ2) is 3.52. The van der Waals surface area contributed by atoms with Gasteiger partial charge in [-0.1, -0.05) is 0 Å². The van der Waals surface area contributed by atoms with E-state index in [1.165, 1.54) is 0 Å². The highest BCUT2D eigenvalue weighted by Gasteiger charge is 2.28. The number of nitrogens with zero attached hydrogens (tertiary/aromatic N) is 2. The number of carbonyl (C=O) groups is 1. The summed E-state index contributed by atoms with van der Waals surface area (Å²) in [7, 11) is 1.81. The number of hydrogen-bond acceptors (Lipinski definition) is 4. The van der Waals surface area contributed by atoms with Crippen molar-refractivity contribution >= 4 is 5.97 Å². The van der Waals surface area contributed by atoms with Gasteiger partial charge in [0.2, 0.25) is 0 Å². The highest BCUT2D eigenvalue weighted by atomic mass is 16.4. The van der Waals surface area contributed by atoms with Gasteiger partial charge in [0.25, 0.3) is 0 Å². The maximum atomic E-state index is 10.6. The highest BCUT2D eigenvalue weighted by molar-refractivity contribution is 5.74. The van der Waals surface area contributed by atoms with Crippen molar-refractivity contribution in [1.29, 1.82) is 5.26 Å². The van der Waals surface area contributed by atoms with Crippen LogP contribution < -0.4 is 5.32 Å². The lowest BCUT2D eigenvalue weighted by Crippen LogP contribution is -2.57. The van der Waals surface area contributed by atoms with Crippen molar-refractivity contribution in [2.75, 3.05) is 20.1 Å². The standard InChI is InChI=1S/C7H11N3O2/c1-10-3-5(2-8)9-6(4-10)7(11)12/h5-6,9H,3-4H2,1H3,(H,11,12). The fourth-order valence-electron chi connectivity index (χ4n) is 1.27. The van der Waals surface area contributed by atoms with Crippen molar-refractivity contribution < 1.29 is 9.90 Å². The third kappa shape index (κ3) is 1.94. The van der Waals surface area contributed by atoms with E-state index in [0.717, 1.165) is 0 Å². The second-order valence-electron chi connectivity index (χ2n) is 2.96. The van der Waals surface area contributed by atoms with Crippen LogP contribution in [-0.2, 0) is 4.79 Å². The third-order valence-corrected chi connectivity index (χ3v) is 1.84. The molecule has 2 N–H and O–H groups in total. The summed E-state index contributed by atoms with van der Waals surface area (Å²) in [6, 6.07) is 1.02. The molecule has 0 spiro atoms. The fourth-order valence-corrected chi connectivity index (χ4v) is 1.27. The van der Waals surface area contributed by atoms with E-state index in [0.29, 0.717) is 13.1 Å². The molecule has 1 aliphatic rings. The van der Waals surface area contributed by atoms with Crippen LogP contribution in [0.25, 0.3) is 0 Å². The van der Waals surface area contributed by atoms with Crippen LogP contribution in [0.1, 0.15) is 0 Å². The zero-order valence-electron chi connectivity index (χ0n) is 6.82. The van der Waals surface area contributed by atoms with Crippen LogP contribution in [0.5, 0.6) is 0 Å². The SMILES string of the molecule is CN1CC(C#N)NC(C(=O)O)C1. The predicted octanol–water partition coefficient (Wildman–Crippen LogP) is -1.13. The van der Waals surface area contributed by atoms with Crippen LogP contribution in [0.2, 0.25) is 0 Å². The Bertz CT molecular complexity index is 223. The molecule has 1 saturated heterocycles. The molecule has 0 aliphatic carbocycles. The number of aliphatic carboxylic acids is 1. The van der Waals surface area contributed by atoms with Crippen molar-refractivity contribution in [2.45, 2.75) is 12.1 Å². The first-order valence-corrected chi connectivity index (χ1v) is 3.70. The van der Waals surface area contributed by atoms with Crippen molar-refractivity contribution in [3.63, 3.8) is 0 Å². The van der Waals surface area contributed by atoms with Gasteiger partial charge in [-0.05, 0) is 7.05 Å². The quantitative estimate of drug-likeness (QED) is 0.519. The molecule has 66 valence electrons. The highest BCUT2D eigenvalue weighted by Crippen LogP contribution is 2.01. The Balaban J connectivity index is 2.58. The van der Waals surface area contributed by atoms with Crippen LogP contribution in [0.15, 0.2) is 0 Å². The molecule has 0 radical (unpaired) electrons. The summed E-state index contributed by atoms with van der Waals surface area (Å²) in [5, 5.41) is 20.0. The Kier molecular flexibility index (Phi) is 2.63. The number of likely N-dealkylation sites (N-methyl/N-ethyl adjacent to an activating group) is 1. The van der Waals surface area contributed by atoms with Gasteiger partial charge in [0.1, 0.15) is 12.1 Å². The number of nitrogens with one attached hydrogen (secondary N) is 1. The molecule has 0 saturated carbocycles. The zero-order valence-corrected chi connectivity index (χ0v) is 6.82. The molecular formula is C7H11N3O2. The van der Waals surface area contributed by atoms with Gasteiger partial charge in [-0.15, -0.1) is 0 Å². The van der Waals surface area contributed by atoms with Crippen molar-refractivity contribution in [1.82, 2.24) is 10.2 Å². The van der Waals surface area contributed by atoms with Gasteiger partial charge in [-0.2, -0.15) is 5.26 Å². The van der Waals surface area contributed by atoms with E-state index >= 15 is 0 Å². The van der Waals surface area contributed by atoms with Gasteiger partial charge >= 0.3 is 5.97 Å². The van der Waals surface area contributed by atoms with E-state index in [1.54, 1.807) is 7.05 Å². The van der Waals surface area contributed by atoms with Crippen LogP contribution in [0.3, 0.4) is 0 Å². The van der Waals surface area contributed by atoms with Crippen LogP contribution >= 0.6 is 0 Å². The van der Waals surface area contributed by atoms with E-state index < -0.39 is 12.0 Å². The van der Waals surface area contributed by atoms with E-state index in [9.17, 15) is 4.79 Å². The summed E-state index contributed by atoms with van der Waals surface area (Å²) < 4.78 is 0. The molecular weight excluding hydrogens is 158 g/mol. The Labute approximate surface area is 70.6 Å². The smallest absolute Gasteiger partial charge is 0.322 e. The maximum Gasteiger partial charge on any atom is 0.322 e. The number of hydrogen-bond donors (Lipinski definition) is 2. The topological polar surface area (TPSA) is 76.4 Å². The van der Waals surface area contributed by atoms with Crippen LogP contribution in [0, 0.1) is 11.3 Å². The average molecular weight is 169 g/mol. The Morgan fingerprint density at radius 1 is 1.75 bits per heavy atom. The summed E-state index contributed by atoms with van der Waals surface area (Å²) in [5.74, 6) is -0.901. The summed E-state index contributed by atoms with van der Waals surface area (Å²) in [5.41, 5.74) is 0. The lowest BCUT2D eigenvalue weighted by Gasteiger charge is -2.31. The van der Waals surface area contributed by atoms with E-state index in [1.807, 2.05) is 11.0 Å². The maximum absolute atomic E-state index is 10.6. The number of piperazine rings is 1. The molecule has 1 fully saturated rings. The molecule has 0 aromatic carbocycles. The Hall–Kier alpha value is -1.12. The first-order valence-electron chi connectivity index (χ1n) is 3.70. The van der Waals surface area contributed by atoms with Crippen LogP contribution in [0.4, 0.5) is 0 Å². The number of rotatable bonds is 1. The van der Waals surface area contributed by atoms with E-state index in [2.05, 4.69) is 5.32 Å². The molecule has 1 rings (SSSR count). The van der Waals surface area contributed by atoms with Gasteiger partial charge in [0.15, 0.2) is 0 Å². The van der Waals surface area contributed by atoms with Crippen LogP contribution in [-0.4, -0.2) is 48.2 Å². The third-order valence-electron chi connectivity index (χ3n) is 1.84. The monoisotopic (exact) mass is 169 g/mol. The zero-order chi connectivity index (χ0) is 9.14. The molecule has 0 bridgehead atoms. The van der Waals surface area contributed by atoms with E-state index in [-0.39, 0.29) is 6.04 Å². The van der Waals surface area contributed by atoms with E-state index in [4.69, 9.17) is 10.4 Å². The van der Waals surface area contributed by atoms with Gasteiger partial charge < -0.3 is 10.0 Å². The van der Waals surface area contributed by atoms with Gasteiger partial charge in [-0.3, -0.25) is 10.1 Å². The Morgan fingerprint density at radius 3 is 2.92 bits per heavy atom. The number of carboxylic acids is 1. The first kappa shape index (κ1) is 8.97. The summed E-state index contributed by atoms with van der Waals surface area (Å²) in [6.45, 7) is 1.04. The minimum absolute atomic E-state index is 0.371. The van der Waals surface area contributed by atoms with Gasteiger partial charge in [0, 0.05) is 13.1 Å². The lowest BCUT2D eigenvalue weighted by molar-refractivity contribution is -0.140. The Morgan fingerprint density at radius 2 is 2.42 bits per heavy atom. The lowest BCUT2D eigenvalue weighted by atomic mass is 10.1. The molecule has 1 heterocycles. The van der Waals surface area contributed by atoms with Gasteiger partial charge in [0.05, 0.1) is 6.07 Å². The average Bonchev–Trinajstić information content (AvgIpc) is 2.03. The van der Waals surface area contributed by atoms with Gasteiger partial charge in [-0.25, -0.2) is 0 Å². The molecule has 0 aromatic heterocycles. The van der Waals surface area contributed by atoms with Crippen molar-refractivity contribution in [3.05, 3.63) is 0 Å². The second-order valence-corrected chi connectivity index (χ2v) is 2.96. The minimum atomic E-state index is -0.901. The molecule has 12 heavy (non-hydrogen) atoms.